The summed E-state index contributed by atoms with van der Waals surface area (Å²) < 4.78 is 0. The van der Waals surface area contributed by atoms with Gasteiger partial charge in [-0.25, -0.2) is 0 Å². The second-order valence-corrected chi connectivity index (χ2v) is 55.3. The number of hydrogen-bond donors (Lipinski definition) is 0. The molecule has 0 nitrogen and oxygen atoms in total. The normalized spacial score (nSPS) is 32.6. The van der Waals surface area contributed by atoms with E-state index in [-0.39, 0.29) is 0 Å². The molecule has 14 heavy (non-hydrogen) atoms. The highest BCUT2D eigenvalue weighted by molar-refractivity contribution is 8.82. The quantitative estimate of drug-likeness (QED) is 0.606. The molecule has 0 aliphatic carbocycles. The Morgan fingerprint density at radius 3 is 1.14 bits per heavy atom. The molecule has 1 saturated heterocycles. The molecule has 1 heterocycles. The predicted molar refractivity (Wildman–Crippen MR) is 85.1 cm³/mol. The second-order valence-electron chi connectivity index (χ2n) is 6.25. The van der Waals surface area contributed by atoms with E-state index in [4.69, 9.17) is 0 Å². The van der Waals surface area contributed by atoms with Crippen molar-refractivity contribution in [2.45, 2.75) is 52.4 Å². The van der Waals surface area contributed by atoms with Gasteiger partial charge in [0, 0.05) is 0 Å². The maximum atomic E-state index is 2.69. The summed E-state index contributed by atoms with van der Waals surface area (Å²) in [7, 11) is 4.09. The molecule has 0 N–H and O–H groups in total. The molecule has 84 valence electrons. The Morgan fingerprint density at radius 2 is 0.857 bits per heavy atom. The standard InChI is InChI=1S/C8H24S2Si4/c1-11(2)9-12(3,4)14(7,8)13(5,6)10-11/h1-8H3. The highest BCUT2D eigenvalue weighted by atomic mass is 32.7. The lowest BCUT2D eigenvalue weighted by Crippen LogP contribution is -2.72. The van der Waals surface area contributed by atoms with Crippen molar-refractivity contribution in [3.05, 3.63) is 0 Å². The first-order chi connectivity index (χ1) is 5.91. The molecule has 1 fully saturated rings. The summed E-state index contributed by atoms with van der Waals surface area (Å²) in [6, 6.07) is 0. The van der Waals surface area contributed by atoms with Crippen LogP contribution in [0.25, 0.3) is 0 Å². The minimum Gasteiger partial charge on any atom is -0.199 e. The van der Waals surface area contributed by atoms with Gasteiger partial charge in [0.2, 0.25) is 0 Å². The van der Waals surface area contributed by atoms with Crippen molar-refractivity contribution >= 4 is 48.3 Å². The molecule has 0 atom stereocenters. The minimum absolute atomic E-state index is 0.896. The third-order valence-electron chi connectivity index (χ3n) is 4.01. The molecule has 6 heteroatoms. The van der Waals surface area contributed by atoms with Crippen LogP contribution in [-0.2, 0) is 0 Å². The zero-order valence-electron chi connectivity index (χ0n) is 10.8. The lowest BCUT2D eigenvalue weighted by atomic mass is 11.9. The van der Waals surface area contributed by atoms with E-state index in [0.29, 0.717) is 0 Å². The lowest BCUT2D eigenvalue weighted by Gasteiger charge is -2.56. The van der Waals surface area contributed by atoms with Gasteiger partial charge in [-0.1, -0.05) is 52.4 Å². The molecule has 0 radical (unpaired) electrons. The zero-order chi connectivity index (χ0) is 11.4. The Labute approximate surface area is 100 Å². The minimum atomic E-state index is -0.959. The topological polar surface area (TPSA) is 0 Å². The molecular weight excluding hydrogens is 273 g/mol. The van der Waals surface area contributed by atoms with E-state index in [9.17, 15) is 0 Å². The second kappa shape index (κ2) is 3.53. The highest BCUT2D eigenvalue weighted by Crippen LogP contribution is 2.55. The van der Waals surface area contributed by atoms with Crippen LogP contribution in [0.4, 0.5) is 0 Å². The molecule has 0 saturated carbocycles. The largest absolute Gasteiger partial charge is 0.199 e. The summed E-state index contributed by atoms with van der Waals surface area (Å²) in [6.07, 6.45) is -0.959. The average Bonchev–Trinajstić information content (AvgIpc) is 1.77. The molecule has 0 unspecified atom stereocenters. The van der Waals surface area contributed by atoms with Crippen molar-refractivity contribution < 1.29 is 0 Å². The van der Waals surface area contributed by atoms with Gasteiger partial charge in [0.05, 0.1) is 20.6 Å². The van der Waals surface area contributed by atoms with Crippen LogP contribution in [0.5, 0.6) is 0 Å². The van der Waals surface area contributed by atoms with Crippen LogP contribution < -0.4 is 0 Å². The van der Waals surface area contributed by atoms with Gasteiger partial charge in [-0.3, -0.25) is 0 Å². The molecule has 0 aromatic rings. The smallest absolute Gasteiger partial charge is 0.157 e. The van der Waals surface area contributed by atoms with Gasteiger partial charge in [-0.15, -0.1) is 0 Å². The van der Waals surface area contributed by atoms with E-state index in [0.717, 1.165) is 0 Å². The van der Waals surface area contributed by atoms with Gasteiger partial charge < -0.3 is 0 Å². The van der Waals surface area contributed by atoms with Crippen LogP contribution in [0.15, 0.2) is 0 Å². The molecule has 0 spiro atoms. The van der Waals surface area contributed by atoms with Crippen molar-refractivity contribution in [2.75, 3.05) is 0 Å². The van der Waals surface area contributed by atoms with E-state index >= 15 is 0 Å². The summed E-state index contributed by atoms with van der Waals surface area (Å²) in [6.45, 7) is 19.3. The Bertz CT molecular complexity index is 226. The third kappa shape index (κ3) is 2.15. The zero-order valence-corrected chi connectivity index (χ0v) is 16.4. The van der Waals surface area contributed by atoms with Crippen LogP contribution in [-0.4, -0.2) is 27.0 Å². The highest BCUT2D eigenvalue weighted by Gasteiger charge is 2.60. The number of hydrogen-bond acceptors (Lipinski definition) is 2. The van der Waals surface area contributed by atoms with Crippen LogP contribution in [0.2, 0.25) is 52.4 Å². The van der Waals surface area contributed by atoms with Crippen LogP contribution in [0, 0.1) is 0 Å². The molecule has 0 amide bonds. The molecule has 0 aromatic heterocycles. The Hall–Kier alpha value is 1.57. The Kier molecular flexibility index (Phi) is 3.44. The summed E-state index contributed by atoms with van der Waals surface area (Å²) in [4.78, 5) is 0. The molecule has 0 bridgehead atoms. The van der Waals surface area contributed by atoms with E-state index in [1.807, 2.05) is 0 Å². The van der Waals surface area contributed by atoms with Crippen molar-refractivity contribution in [3.8, 4) is 0 Å². The molecule has 0 aromatic carbocycles. The number of rotatable bonds is 0. The van der Waals surface area contributed by atoms with E-state index in [1.165, 1.54) is 0 Å². The molecular formula is C8H24S2Si4. The fourth-order valence-corrected chi connectivity index (χ4v) is 131. The summed E-state index contributed by atoms with van der Waals surface area (Å²) in [5.74, 6) is 0. The predicted octanol–water partition coefficient (Wildman–Crippen LogP) is 4.44. The first kappa shape index (κ1) is 13.6. The maximum absolute atomic E-state index is 2.69. The van der Waals surface area contributed by atoms with E-state index < -0.39 is 27.0 Å². The van der Waals surface area contributed by atoms with Gasteiger partial charge in [0.1, 0.15) is 0 Å². The SMILES string of the molecule is C[Si]1(C)S[Si](C)(C)[Si](C)(C)[Si](C)(C)S1. The third-order valence-corrected chi connectivity index (χ3v) is 87.9. The first-order valence-electron chi connectivity index (χ1n) is 5.32. The van der Waals surface area contributed by atoms with Crippen LogP contribution in [0.3, 0.4) is 0 Å². The summed E-state index contributed by atoms with van der Waals surface area (Å²) >= 11 is 0. The molecule has 1 aliphatic heterocycles. The van der Waals surface area contributed by atoms with Crippen molar-refractivity contribution in [1.29, 1.82) is 0 Å². The van der Waals surface area contributed by atoms with E-state index in [2.05, 4.69) is 73.7 Å². The van der Waals surface area contributed by atoms with Crippen molar-refractivity contribution in [2.24, 2.45) is 0 Å². The lowest BCUT2D eigenvalue weighted by molar-refractivity contribution is 1.85. The average molecular weight is 297 g/mol. The Balaban J connectivity index is 3.13. The van der Waals surface area contributed by atoms with Crippen LogP contribution in [0.1, 0.15) is 0 Å². The molecule has 1 rings (SSSR count). The van der Waals surface area contributed by atoms with E-state index in [1.54, 1.807) is 0 Å². The van der Waals surface area contributed by atoms with Gasteiger partial charge in [0.25, 0.3) is 0 Å². The van der Waals surface area contributed by atoms with Crippen molar-refractivity contribution in [1.82, 2.24) is 0 Å². The van der Waals surface area contributed by atoms with Gasteiger partial charge in [-0.2, -0.15) is 21.3 Å². The van der Waals surface area contributed by atoms with Crippen LogP contribution >= 0.6 is 21.3 Å². The Morgan fingerprint density at radius 1 is 0.571 bits per heavy atom. The fourth-order valence-electron chi connectivity index (χ4n) is 2.23. The van der Waals surface area contributed by atoms with Gasteiger partial charge in [0.15, 0.2) is 6.37 Å². The summed E-state index contributed by atoms with van der Waals surface area (Å²) in [5.41, 5.74) is 0. The fraction of sp³-hybridized carbons (Fsp3) is 1.00. The summed E-state index contributed by atoms with van der Waals surface area (Å²) in [5, 5.41) is 0. The van der Waals surface area contributed by atoms with Gasteiger partial charge in [-0.05, 0) is 0 Å². The van der Waals surface area contributed by atoms with Gasteiger partial charge >= 0.3 is 0 Å². The monoisotopic (exact) mass is 296 g/mol. The maximum Gasteiger partial charge on any atom is 0.157 e. The molecule has 1 aliphatic rings. The first-order valence-corrected chi connectivity index (χ1v) is 23.8. The van der Waals surface area contributed by atoms with Crippen molar-refractivity contribution in [3.63, 3.8) is 0 Å².